The smallest absolute Gasteiger partial charge is 0.408 e. The molecule has 1 aromatic rings. The van der Waals surface area contributed by atoms with Gasteiger partial charge < -0.3 is 35.4 Å². The Morgan fingerprint density at radius 1 is 0.951 bits per heavy atom. The van der Waals surface area contributed by atoms with Gasteiger partial charge in [0.25, 0.3) is 5.91 Å². The molecule has 12 heteroatoms. The lowest BCUT2D eigenvalue weighted by molar-refractivity contribution is -0.132. The number of nitrogens with zero attached hydrogens (tertiary/aromatic N) is 1. The molecule has 4 amide bonds. The maximum absolute atomic E-state index is 13.0. The van der Waals surface area contributed by atoms with E-state index in [-0.39, 0.29) is 18.9 Å². The second-order valence-electron chi connectivity index (χ2n) is 12.0. The van der Waals surface area contributed by atoms with Crippen molar-refractivity contribution in [2.45, 2.75) is 96.6 Å². The molecule has 1 fully saturated rings. The van der Waals surface area contributed by atoms with Crippen LogP contribution in [0.25, 0.3) is 0 Å². The van der Waals surface area contributed by atoms with Gasteiger partial charge in [-0.15, -0.1) is 11.8 Å². The summed E-state index contributed by atoms with van der Waals surface area (Å²) >= 11 is 1.66. The minimum atomic E-state index is -1.52. The van der Waals surface area contributed by atoms with E-state index in [4.69, 9.17) is 9.47 Å². The molecule has 1 saturated heterocycles. The number of aliphatic hydroxyl groups is 1. The number of benzene rings is 1. The zero-order valence-corrected chi connectivity index (χ0v) is 25.8. The highest BCUT2D eigenvalue weighted by molar-refractivity contribution is 7.99. The number of rotatable bonds is 12. The number of carbonyl (C=O) groups is 4. The van der Waals surface area contributed by atoms with Gasteiger partial charge in [0.2, 0.25) is 5.91 Å². The van der Waals surface area contributed by atoms with Crippen molar-refractivity contribution in [3.05, 3.63) is 35.9 Å². The van der Waals surface area contributed by atoms with Gasteiger partial charge in [0.05, 0.1) is 11.9 Å². The minimum Gasteiger partial charge on any atom is -0.444 e. The summed E-state index contributed by atoms with van der Waals surface area (Å²) in [5.41, 5.74) is -0.590. The van der Waals surface area contributed by atoms with Crippen LogP contribution < -0.4 is 16.0 Å². The quantitative estimate of drug-likeness (QED) is 0.270. The van der Waals surface area contributed by atoms with Gasteiger partial charge in [-0.3, -0.25) is 9.59 Å². The van der Waals surface area contributed by atoms with E-state index in [0.29, 0.717) is 31.7 Å². The fourth-order valence-electron chi connectivity index (χ4n) is 4.06. The SMILES string of the molecule is CC(C)(C)OC(=O)N[C@@H](CCCCNC(=O)[C@@H](O)[C@@H](Cc1ccccc1)NC(=O)OC(C)(C)C)C(=O)N1CCSC1. The molecular formula is C29H46N4O7S. The van der Waals surface area contributed by atoms with Crippen molar-refractivity contribution in [1.82, 2.24) is 20.9 Å². The number of nitrogens with one attached hydrogen (secondary N) is 3. The van der Waals surface area contributed by atoms with E-state index in [1.807, 2.05) is 30.3 Å². The van der Waals surface area contributed by atoms with Gasteiger partial charge in [0, 0.05) is 18.8 Å². The van der Waals surface area contributed by atoms with Gasteiger partial charge in [-0.1, -0.05) is 30.3 Å². The summed E-state index contributed by atoms with van der Waals surface area (Å²) in [6, 6.07) is 7.57. The van der Waals surface area contributed by atoms with Crippen molar-refractivity contribution in [2.24, 2.45) is 0 Å². The number of hydrogen-bond donors (Lipinski definition) is 4. The van der Waals surface area contributed by atoms with E-state index in [2.05, 4.69) is 16.0 Å². The van der Waals surface area contributed by atoms with Crippen LogP contribution in [0.2, 0.25) is 0 Å². The van der Waals surface area contributed by atoms with Crippen LogP contribution in [0.15, 0.2) is 30.3 Å². The predicted molar refractivity (Wildman–Crippen MR) is 158 cm³/mol. The van der Waals surface area contributed by atoms with E-state index >= 15 is 0 Å². The van der Waals surface area contributed by atoms with Crippen LogP contribution in [-0.2, 0) is 25.5 Å². The Morgan fingerprint density at radius 3 is 2.12 bits per heavy atom. The Morgan fingerprint density at radius 2 is 1.56 bits per heavy atom. The van der Waals surface area contributed by atoms with E-state index < -0.39 is 47.5 Å². The summed E-state index contributed by atoms with van der Waals surface area (Å²) in [6.07, 6.45) is -1.25. The van der Waals surface area contributed by atoms with Crippen molar-refractivity contribution < 1.29 is 33.8 Å². The first-order valence-corrected chi connectivity index (χ1v) is 15.2. The zero-order chi connectivity index (χ0) is 30.6. The summed E-state index contributed by atoms with van der Waals surface area (Å²) < 4.78 is 10.7. The van der Waals surface area contributed by atoms with Crippen LogP contribution in [-0.4, -0.2) is 88.1 Å². The normalized spacial score (nSPS) is 15.8. The number of thioether (sulfide) groups is 1. The lowest BCUT2D eigenvalue weighted by atomic mass is 10.0. The Balaban J connectivity index is 1.91. The number of ether oxygens (including phenoxy) is 2. The highest BCUT2D eigenvalue weighted by Gasteiger charge is 2.31. The fourth-order valence-corrected chi connectivity index (χ4v) is 5.01. The molecule has 11 nitrogen and oxygen atoms in total. The monoisotopic (exact) mass is 594 g/mol. The second kappa shape index (κ2) is 15.9. The number of alkyl carbamates (subject to hydrolysis) is 2. The molecule has 1 aliphatic rings. The molecule has 4 N–H and O–H groups in total. The van der Waals surface area contributed by atoms with Crippen LogP contribution in [0.4, 0.5) is 9.59 Å². The number of carbonyl (C=O) groups excluding carboxylic acids is 4. The topological polar surface area (TPSA) is 146 Å². The van der Waals surface area contributed by atoms with Gasteiger partial charge in [0.15, 0.2) is 6.10 Å². The third-order valence-corrected chi connectivity index (χ3v) is 6.89. The Kier molecular flexibility index (Phi) is 13.2. The highest BCUT2D eigenvalue weighted by Crippen LogP contribution is 2.17. The van der Waals surface area contributed by atoms with E-state index in [0.717, 1.165) is 11.3 Å². The van der Waals surface area contributed by atoms with Gasteiger partial charge >= 0.3 is 12.2 Å². The largest absolute Gasteiger partial charge is 0.444 e. The lowest BCUT2D eigenvalue weighted by Crippen LogP contribution is -2.52. The molecule has 41 heavy (non-hydrogen) atoms. The number of unbranched alkanes of at least 4 members (excludes halogenated alkanes) is 1. The molecule has 1 aromatic carbocycles. The summed E-state index contributed by atoms with van der Waals surface area (Å²) in [6.45, 7) is 11.3. The van der Waals surface area contributed by atoms with Gasteiger partial charge in [0.1, 0.15) is 17.2 Å². The lowest BCUT2D eigenvalue weighted by Gasteiger charge is -2.26. The number of hydrogen-bond acceptors (Lipinski definition) is 8. The molecule has 2 rings (SSSR count). The first-order chi connectivity index (χ1) is 19.1. The standard InChI is InChI=1S/C29H46N4O7S/c1-28(2,3)39-26(37)31-21(25(36)33-16-17-41-19-33)14-10-11-15-30-24(35)23(34)22(18-20-12-8-7-9-13-20)32-27(38)40-29(4,5)6/h7-9,12-13,21-23,34H,10-11,14-19H2,1-6H3,(H,30,35)(H,31,37)(H,32,38)/t21-,22+,23-/m0/s1. The third-order valence-electron chi connectivity index (χ3n) is 5.92. The van der Waals surface area contributed by atoms with E-state index in [9.17, 15) is 24.3 Å². The van der Waals surface area contributed by atoms with Gasteiger partial charge in [-0.25, -0.2) is 9.59 Å². The van der Waals surface area contributed by atoms with E-state index in [1.165, 1.54) is 0 Å². The molecule has 0 aliphatic carbocycles. The van der Waals surface area contributed by atoms with Crippen molar-refractivity contribution in [3.8, 4) is 0 Å². The van der Waals surface area contributed by atoms with Crippen LogP contribution in [0, 0.1) is 0 Å². The van der Waals surface area contributed by atoms with Crippen molar-refractivity contribution in [1.29, 1.82) is 0 Å². The molecule has 0 radical (unpaired) electrons. The average Bonchev–Trinajstić information content (AvgIpc) is 3.40. The van der Waals surface area contributed by atoms with Crippen LogP contribution in [0.1, 0.15) is 66.4 Å². The van der Waals surface area contributed by atoms with Crippen molar-refractivity contribution >= 4 is 35.8 Å². The van der Waals surface area contributed by atoms with Gasteiger partial charge in [-0.2, -0.15) is 0 Å². The van der Waals surface area contributed by atoms with Crippen LogP contribution in [0.5, 0.6) is 0 Å². The molecule has 3 atom stereocenters. The summed E-state index contributed by atoms with van der Waals surface area (Å²) in [5, 5.41) is 18.9. The Hall–Kier alpha value is -2.99. The fraction of sp³-hybridized carbons (Fsp3) is 0.655. The highest BCUT2D eigenvalue weighted by atomic mass is 32.2. The Labute approximate surface area is 247 Å². The predicted octanol–water partition coefficient (Wildman–Crippen LogP) is 3.20. The molecule has 0 aromatic heterocycles. The summed E-state index contributed by atoms with van der Waals surface area (Å²) in [4.78, 5) is 52.3. The minimum absolute atomic E-state index is 0.155. The number of amides is 4. The summed E-state index contributed by atoms with van der Waals surface area (Å²) in [5.74, 6) is 0.654. The molecular weight excluding hydrogens is 548 g/mol. The molecule has 0 bridgehead atoms. The molecule has 1 aliphatic heterocycles. The van der Waals surface area contributed by atoms with Crippen LogP contribution >= 0.6 is 11.8 Å². The first-order valence-electron chi connectivity index (χ1n) is 14.0. The maximum atomic E-state index is 13.0. The maximum Gasteiger partial charge on any atom is 0.408 e. The summed E-state index contributed by atoms with van der Waals surface area (Å²) in [7, 11) is 0. The first kappa shape index (κ1) is 34.2. The van der Waals surface area contributed by atoms with Crippen molar-refractivity contribution in [2.75, 3.05) is 24.7 Å². The zero-order valence-electron chi connectivity index (χ0n) is 25.0. The molecule has 230 valence electrons. The average molecular weight is 595 g/mol. The van der Waals surface area contributed by atoms with Crippen molar-refractivity contribution in [3.63, 3.8) is 0 Å². The molecule has 0 saturated carbocycles. The second-order valence-corrected chi connectivity index (χ2v) is 13.1. The van der Waals surface area contributed by atoms with E-state index in [1.54, 1.807) is 58.2 Å². The molecule has 0 unspecified atom stereocenters. The molecule has 0 spiro atoms. The Bertz CT molecular complexity index is 1000. The molecule has 1 heterocycles. The van der Waals surface area contributed by atoms with Crippen LogP contribution in [0.3, 0.4) is 0 Å². The van der Waals surface area contributed by atoms with Gasteiger partial charge in [-0.05, 0) is 72.8 Å². The third kappa shape index (κ3) is 13.5. The number of aliphatic hydroxyl groups excluding tert-OH is 1.